The van der Waals surface area contributed by atoms with Crippen LogP contribution in [0.4, 0.5) is 5.13 Å². The van der Waals surface area contributed by atoms with Crippen molar-refractivity contribution >= 4 is 33.3 Å². The number of aromatic nitrogens is 4. The third-order valence-corrected chi connectivity index (χ3v) is 6.41. The van der Waals surface area contributed by atoms with Gasteiger partial charge in [-0.3, -0.25) is 19.5 Å². The molecule has 2 aromatic heterocycles. The number of anilines is 1. The van der Waals surface area contributed by atoms with E-state index in [2.05, 4.69) is 22.4 Å². The van der Waals surface area contributed by atoms with Gasteiger partial charge in [-0.1, -0.05) is 43.9 Å². The summed E-state index contributed by atoms with van der Waals surface area (Å²) in [5, 5.41) is 13.1. The summed E-state index contributed by atoms with van der Waals surface area (Å²) in [6.45, 7) is 2.88. The van der Waals surface area contributed by atoms with E-state index >= 15 is 0 Å². The molecule has 30 heavy (non-hydrogen) atoms. The monoisotopic (exact) mass is 425 g/mol. The Kier molecular flexibility index (Phi) is 6.52. The maximum atomic E-state index is 12.9. The van der Waals surface area contributed by atoms with Gasteiger partial charge in [0.05, 0.1) is 10.9 Å². The number of carbonyl (C=O) groups is 1. The summed E-state index contributed by atoms with van der Waals surface area (Å²) in [6.07, 6.45) is 9.44. The molecule has 0 radical (unpaired) electrons. The average Bonchev–Trinajstić information content (AvgIpc) is 3.16. The van der Waals surface area contributed by atoms with Gasteiger partial charge in [0.15, 0.2) is 0 Å². The van der Waals surface area contributed by atoms with E-state index in [1.165, 1.54) is 17.8 Å². The molecular weight excluding hydrogens is 398 g/mol. The predicted molar refractivity (Wildman–Crippen MR) is 119 cm³/mol. The number of rotatable bonds is 6. The Labute approximate surface area is 179 Å². The summed E-state index contributed by atoms with van der Waals surface area (Å²) in [6, 6.07) is 5.09. The predicted octanol–water partition coefficient (Wildman–Crippen LogP) is 4.35. The molecule has 3 heterocycles. The largest absolute Gasteiger partial charge is 0.296 e. The molecule has 0 saturated carbocycles. The molecule has 3 aromatic rings. The highest BCUT2D eigenvalue weighted by Crippen LogP contribution is 2.20. The van der Waals surface area contributed by atoms with Crippen LogP contribution >= 0.6 is 11.3 Å². The molecule has 0 atom stereocenters. The third-order valence-electron chi connectivity index (χ3n) is 5.51. The fourth-order valence-electron chi connectivity index (χ4n) is 3.84. The van der Waals surface area contributed by atoms with Crippen molar-refractivity contribution in [2.75, 3.05) is 5.32 Å². The summed E-state index contributed by atoms with van der Waals surface area (Å²) < 4.78 is 1.81. The Morgan fingerprint density at radius 3 is 2.90 bits per heavy atom. The maximum absolute atomic E-state index is 12.9. The number of nitrogens with one attached hydrogen (secondary N) is 1. The van der Waals surface area contributed by atoms with Crippen LogP contribution in [0.2, 0.25) is 0 Å². The molecule has 0 saturated heterocycles. The normalized spacial score (nSPS) is 14.2. The van der Waals surface area contributed by atoms with Crippen molar-refractivity contribution in [2.24, 2.45) is 0 Å². The smallest absolute Gasteiger partial charge is 0.261 e. The van der Waals surface area contributed by atoms with Gasteiger partial charge in [0.1, 0.15) is 10.8 Å². The van der Waals surface area contributed by atoms with Crippen LogP contribution in [0.1, 0.15) is 73.1 Å². The molecule has 158 valence electrons. The molecule has 1 aromatic carbocycles. The molecule has 0 aliphatic carbocycles. The van der Waals surface area contributed by atoms with Crippen molar-refractivity contribution in [1.82, 2.24) is 19.7 Å². The Bertz CT molecular complexity index is 1100. The van der Waals surface area contributed by atoms with E-state index in [9.17, 15) is 9.59 Å². The Morgan fingerprint density at radius 2 is 2.03 bits per heavy atom. The van der Waals surface area contributed by atoms with Crippen molar-refractivity contribution in [3.63, 3.8) is 0 Å². The standard InChI is InChI=1S/C22H27N5O2S/c1-2-3-6-10-19-25-26-22(30-19)24-20(28)15-11-12-16-17(14-15)23-18-9-7-4-5-8-13-27(18)21(16)29/h11-12,14H,2-10,13H2,1H3,(H,24,26,28). The second-order valence-electron chi connectivity index (χ2n) is 7.79. The average molecular weight is 426 g/mol. The van der Waals surface area contributed by atoms with E-state index in [1.54, 1.807) is 18.2 Å². The van der Waals surface area contributed by atoms with Gasteiger partial charge in [0, 0.05) is 24.9 Å². The lowest BCUT2D eigenvalue weighted by Gasteiger charge is -2.16. The van der Waals surface area contributed by atoms with Crippen LogP contribution in [0.3, 0.4) is 0 Å². The van der Waals surface area contributed by atoms with Crippen LogP contribution < -0.4 is 10.9 Å². The minimum atomic E-state index is -0.262. The lowest BCUT2D eigenvalue weighted by atomic mass is 10.1. The summed E-state index contributed by atoms with van der Waals surface area (Å²) in [5.74, 6) is 0.562. The minimum Gasteiger partial charge on any atom is -0.296 e. The molecular formula is C22H27N5O2S. The highest BCUT2D eigenvalue weighted by atomic mass is 32.1. The molecule has 0 bridgehead atoms. The number of nitrogens with zero attached hydrogens (tertiary/aromatic N) is 4. The summed E-state index contributed by atoms with van der Waals surface area (Å²) in [4.78, 5) is 30.4. The van der Waals surface area contributed by atoms with E-state index in [0.29, 0.717) is 21.6 Å². The first-order valence-electron chi connectivity index (χ1n) is 10.8. The number of amides is 1. The molecule has 4 rings (SSSR count). The number of fused-ring (bicyclic) bond motifs is 2. The molecule has 1 aliphatic rings. The van der Waals surface area contributed by atoms with Crippen molar-refractivity contribution in [3.05, 3.63) is 44.9 Å². The first kappa shape index (κ1) is 20.7. The molecule has 7 nitrogen and oxygen atoms in total. The number of benzene rings is 1. The van der Waals surface area contributed by atoms with E-state index in [1.807, 2.05) is 4.57 Å². The first-order chi connectivity index (χ1) is 14.7. The minimum absolute atomic E-state index is 0.00953. The van der Waals surface area contributed by atoms with Crippen molar-refractivity contribution in [3.8, 4) is 0 Å². The highest BCUT2D eigenvalue weighted by molar-refractivity contribution is 7.15. The molecule has 1 aliphatic heterocycles. The third kappa shape index (κ3) is 4.59. The van der Waals surface area contributed by atoms with Gasteiger partial charge in [-0.25, -0.2) is 4.98 Å². The van der Waals surface area contributed by atoms with Crippen LogP contribution in [0.25, 0.3) is 10.9 Å². The van der Waals surface area contributed by atoms with Crippen molar-refractivity contribution in [1.29, 1.82) is 0 Å². The number of hydrogen-bond acceptors (Lipinski definition) is 6. The topological polar surface area (TPSA) is 89.8 Å². The summed E-state index contributed by atoms with van der Waals surface area (Å²) in [5.41, 5.74) is 1.04. The van der Waals surface area contributed by atoms with Crippen LogP contribution in [0.15, 0.2) is 23.0 Å². The van der Waals surface area contributed by atoms with Crippen LogP contribution in [-0.2, 0) is 19.4 Å². The van der Waals surface area contributed by atoms with E-state index in [0.717, 1.165) is 68.7 Å². The number of aryl methyl sites for hydroxylation is 2. The van der Waals surface area contributed by atoms with E-state index in [4.69, 9.17) is 4.98 Å². The Balaban J connectivity index is 1.55. The molecule has 0 spiro atoms. The number of unbranched alkanes of at least 4 members (excludes halogenated alkanes) is 2. The van der Waals surface area contributed by atoms with Gasteiger partial charge in [-0.15, -0.1) is 10.2 Å². The molecule has 0 fully saturated rings. The maximum Gasteiger partial charge on any atom is 0.261 e. The van der Waals surface area contributed by atoms with E-state index in [-0.39, 0.29) is 11.5 Å². The van der Waals surface area contributed by atoms with Crippen molar-refractivity contribution < 1.29 is 4.79 Å². The molecule has 1 N–H and O–H groups in total. The second kappa shape index (κ2) is 9.47. The van der Waals surface area contributed by atoms with E-state index < -0.39 is 0 Å². The van der Waals surface area contributed by atoms with Crippen molar-refractivity contribution in [2.45, 2.75) is 71.3 Å². The van der Waals surface area contributed by atoms with Gasteiger partial charge in [-0.05, 0) is 37.5 Å². The Morgan fingerprint density at radius 1 is 1.17 bits per heavy atom. The van der Waals surface area contributed by atoms with Crippen LogP contribution in [0.5, 0.6) is 0 Å². The Hall–Kier alpha value is -2.61. The fourth-order valence-corrected chi connectivity index (χ4v) is 4.61. The van der Waals surface area contributed by atoms with Gasteiger partial charge >= 0.3 is 0 Å². The van der Waals surface area contributed by atoms with Crippen LogP contribution in [0, 0.1) is 0 Å². The number of hydrogen-bond donors (Lipinski definition) is 1. The fraction of sp³-hybridized carbons (Fsp3) is 0.500. The quantitative estimate of drug-likeness (QED) is 0.593. The molecule has 8 heteroatoms. The first-order valence-corrected chi connectivity index (χ1v) is 11.6. The highest BCUT2D eigenvalue weighted by Gasteiger charge is 2.16. The van der Waals surface area contributed by atoms with Gasteiger partial charge in [0.25, 0.3) is 11.5 Å². The SMILES string of the molecule is CCCCCc1nnc(NC(=O)c2ccc3c(=O)n4c(nc3c2)CCCCCC4)s1. The second-order valence-corrected chi connectivity index (χ2v) is 8.86. The summed E-state index contributed by atoms with van der Waals surface area (Å²) >= 11 is 1.41. The zero-order valence-corrected chi connectivity index (χ0v) is 18.1. The van der Waals surface area contributed by atoms with Gasteiger partial charge < -0.3 is 0 Å². The molecule has 1 amide bonds. The number of carbonyl (C=O) groups excluding carboxylic acids is 1. The van der Waals surface area contributed by atoms with Gasteiger partial charge in [-0.2, -0.15) is 0 Å². The zero-order valence-electron chi connectivity index (χ0n) is 17.3. The molecule has 0 unspecified atom stereocenters. The zero-order chi connectivity index (χ0) is 20.9. The van der Waals surface area contributed by atoms with Gasteiger partial charge in [0.2, 0.25) is 5.13 Å². The lowest BCUT2D eigenvalue weighted by molar-refractivity contribution is 0.102. The lowest BCUT2D eigenvalue weighted by Crippen LogP contribution is -2.26. The summed E-state index contributed by atoms with van der Waals surface area (Å²) in [7, 11) is 0. The van der Waals surface area contributed by atoms with Crippen LogP contribution in [-0.4, -0.2) is 25.7 Å².